The van der Waals surface area contributed by atoms with Crippen molar-refractivity contribution in [2.75, 3.05) is 4.90 Å². The van der Waals surface area contributed by atoms with E-state index in [1.54, 1.807) is 24.3 Å². The molecule has 4 amide bonds. The second kappa shape index (κ2) is 9.31. The van der Waals surface area contributed by atoms with E-state index in [0.717, 1.165) is 9.91 Å². The summed E-state index contributed by atoms with van der Waals surface area (Å²) < 4.78 is 5.73. The highest BCUT2D eigenvalue weighted by molar-refractivity contribution is 6.23. The van der Waals surface area contributed by atoms with Crippen molar-refractivity contribution >= 4 is 29.3 Å². The van der Waals surface area contributed by atoms with Crippen LogP contribution in [0.5, 0.6) is 11.5 Å². The number of carbonyl (C=O) groups is 4. The molecule has 3 aromatic rings. The van der Waals surface area contributed by atoms with E-state index < -0.39 is 29.7 Å². The Morgan fingerprint density at radius 3 is 2.24 bits per heavy atom. The Kier molecular flexibility index (Phi) is 6.12. The van der Waals surface area contributed by atoms with Crippen molar-refractivity contribution in [2.45, 2.75) is 19.4 Å². The van der Waals surface area contributed by atoms with Gasteiger partial charge in [-0.3, -0.25) is 29.6 Å². The van der Waals surface area contributed by atoms with Crippen LogP contribution in [0.4, 0.5) is 5.69 Å². The number of ether oxygens (including phenoxy) is 1. The number of hydrogen-bond donors (Lipinski definition) is 1. The fraction of sp³-hybridized carbons (Fsp3) is 0.125. The number of nitrogens with one attached hydrogen (secondary N) is 1. The molecule has 2 heterocycles. The van der Waals surface area contributed by atoms with Gasteiger partial charge in [0.05, 0.1) is 12.1 Å². The second-order valence-electron chi connectivity index (χ2n) is 7.26. The molecule has 4 rings (SSSR count). The zero-order valence-corrected chi connectivity index (χ0v) is 17.7. The maximum Gasteiger partial charge on any atom is 0.270 e. The Balaban J connectivity index is 1.50. The number of anilines is 1. The Hall–Kier alpha value is -4.53. The standard InChI is InChI=1S/C24H20N4O5/c1-16(29)28(26-23(31)17-11-13-25-14-12-17)21-15-22(30)27(24(21)32)18-7-9-20(10-8-18)33-19-5-3-2-4-6-19/h2-14,21H,15H2,1H3,(H,26,31). The van der Waals surface area contributed by atoms with Gasteiger partial charge in [0.15, 0.2) is 0 Å². The zero-order valence-electron chi connectivity index (χ0n) is 17.7. The first-order valence-electron chi connectivity index (χ1n) is 10.1. The summed E-state index contributed by atoms with van der Waals surface area (Å²) in [5.74, 6) is -1.06. The van der Waals surface area contributed by atoms with E-state index in [-0.39, 0.29) is 12.0 Å². The number of pyridine rings is 1. The molecule has 33 heavy (non-hydrogen) atoms. The largest absolute Gasteiger partial charge is 0.457 e. The van der Waals surface area contributed by atoms with E-state index in [1.807, 2.05) is 30.3 Å². The predicted molar refractivity (Wildman–Crippen MR) is 118 cm³/mol. The number of benzene rings is 2. The minimum Gasteiger partial charge on any atom is -0.457 e. The first-order chi connectivity index (χ1) is 15.9. The number of para-hydroxylation sites is 1. The minimum absolute atomic E-state index is 0.253. The summed E-state index contributed by atoms with van der Waals surface area (Å²) in [6.07, 6.45) is 2.62. The highest BCUT2D eigenvalue weighted by atomic mass is 16.5. The summed E-state index contributed by atoms with van der Waals surface area (Å²) in [4.78, 5) is 55.3. The molecule has 2 aromatic carbocycles. The van der Waals surface area contributed by atoms with Crippen LogP contribution >= 0.6 is 0 Å². The van der Waals surface area contributed by atoms with Crippen LogP contribution in [0.3, 0.4) is 0 Å². The highest BCUT2D eigenvalue weighted by Gasteiger charge is 2.44. The average molecular weight is 444 g/mol. The van der Waals surface area contributed by atoms with Crippen LogP contribution in [0, 0.1) is 0 Å². The molecule has 166 valence electrons. The van der Waals surface area contributed by atoms with Gasteiger partial charge in [-0.2, -0.15) is 0 Å². The van der Waals surface area contributed by atoms with Gasteiger partial charge in [0.2, 0.25) is 11.8 Å². The van der Waals surface area contributed by atoms with Crippen LogP contribution in [0.1, 0.15) is 23.7 Å². The number of nitrogens with zero attached hydrogens (tertiary/aromatic N) is 3. The molecule has 1 aromatic heterocycles. The van der Waals surface area contributed by atoms with Gasteiger partial charge in [0.25, 0.3) is 11.8 Å². The number of aromatic nitrogens is 1. The molecule has 0 saturated carbocycles. The lowest BCUT2D eigenvalue weighted by atomic mass is 10.2. The fourth-order valence-corrected chi connectivity index (χ4v) is 3.43. The molecule has 1 aliphatic rings. The molecule has 0 spiro atoms. The van der Waals surface area contributed by atoms with E-state index >= 15 is 0 Å². The Morgan fingerprint density at radius 2 is 1.61 bits per heavy atom. The number of carbonyl (C=O) groups excluding carboxylic acids is 4. The monoisotopic (exact) mass is 444 g/mol. The van der Waals surface area contributed by atoms with Crippen molar-refractivity contribution in [3.63, 3.8) is 0 Å². The first kappa shape index (κ1) is 21.7. The number of rotatable bonds is 5. The summed E-state index contributed by atoms with van der Waals surface area (Å²) in [6, 6.07) is 17.4. The third-order valence-corrected chi connectivity index (χ3v) is 5.01. The topological polar surface area (TPSA) is 109 Å². The van der Waals surface area contributed by atoms with Crippen LogP contribution in [0.2, 0.25) is 0 Å². The molecule has 0 aliphatic carbocycles. The first-order valence-corrected chi connectivity index (χ1v) is 10.1. The molecule has 9 heteroatoms. The third-order valence-electron chi connectivity index (χ3n) is 5.01. The second-order valence-corrected chi connectivity index (χ2v) is 7.26. The van der Waals surface area contributed by atoms with Crippen LogP contribution in [-0.2, 0) is 14.4 Å². The molecule has 1 fully saturated rings. The normalized spacial score (nSPS) is 15.3. The van der Waals surface area contributed by atoms with Gasteiger partial charge in [0.1, 0.15) is 17.5 Å². The predicted octanol–water partition coefficient (Wildman–Crippen LogP) is 2.70. The minimum atomic E-state index is -1.15. The van der Waals surface area contributed by atoms with Gasteiger partial charge in [-0.25, -0.2) is 9.91 Å². The molecule has 1 saturated heterocycles. The lowest BCUT2D eigenvalue weighted by Gasteiger charge is -2.26. The van der Waals surface area contributed by atoms with Gasteiger partial charge in [-0.15, -0.1) is 0 Å². The molecule has 0 radical (unpaired) electrons. The number of hydrogen-bond acceptors (Lipinski definition) is 6. The van der Waals surface area contributed by atoms with Crippen LogP contribution in [-0.4, -0.2) is 39.7 Å². The van der Waals surface area contributed by atoms with Gasteiger partial charge in [-0.05, 0) is 48.5 Å². The van der Waals surface area contributed by atoms with Crippen LogP contribution < -0.4 is 15.1 Å². The van der Waals surface area contributed by atoms with Crippen LogP contribution in [0.25, 0.3) is 0 Å². The van der Waals surface area contributed by atoms with Crippen molar-refractivity contribution in [1.29, 1.82) is 0 Å². The van der Waals surface area contributed by atoms with Crippen molar-refractivity contribution < 1.29 is 23.9 Å². The molecule has 0 bridgehead atoms. The van der Waals surface area contributed by atoms with E-state index in [4.69, 9.17) is 4.74 Å². The molecule has 1 N–H and O–H groups in total. The van der Waals surface area contributed by atoms with Gasteiger partial charge >= 0.3 is 0 Å². The number of hydrazine groups is 1. The number of imide groups is 1. The smallest absolute Gasteiger partial charge is 0.270 e. The lowest BCUT2D eigenvalue weighted by molar-refractivity contribution is -0.139. The quantitative estimate of drug-likeness (QED) is 0.479. The summed E-state index contributed by atoms with van der Waals surface area (Å²) in [7, 11) is 0. The lowest BCUT2D eigenvalue weighted by Crippen LogP contribution is -2.54. The molecule has 1 aliphatic heterocycles. The van der Waals surface area contributed by atoms with Gasteiger partial charge in [-0.1, -0.05) is 18.2 Å². The van der Waals surface area contributed by atoms with Gasteiger partial charge in [0, 0.05) is 24.9 Å². The van der Waals surface area contributed by atoms with Crippen molar-refractivity contribution in [3.05, 3.63) is 84.7 Å². The zero-order chi connectivity index (χ0) is 23.4. The Labute approximate surface area is 189 Å². The van der Waals surface area contributed by atoms with E-state index in [0.29, 0.717) is 17.2 Å². The van der Waals surface area contributed by atoms with E-state index in [1.165, 1.54) is 31.5 Å². The van der Waals surface area contributed by atoms with E-state index in [9.17, 15) is 19.2 Å². The number of amides is 4. The summed E-state index contributed by atoms with van der Waals surface area (Å²) >= 11 is 0. The van der Waals surface area contributed by atoms with E-state index in [2.05, 4.69) is 10.4 Å². The van der Waals surface area contributed by atoms with Crippen molar-refractivity contribution in [1.82, 2.24) is 15.4 Å². The Morgan fingerprint density at radius 1 is 0.970 bits per heavy atom. The molecule has 1 unspecified atom stereocenters. The fourth-order valence-electron chi connectivity index (χ4n) is 3.43. The maximum atomic E-state index is 13.1. The highest BCUT2D eigenvalue weighted by Crippen LogP contribution is 2.28. The summed E-state index contributed by atoms with van der Waals surface area (Å²) in [5, 5.41) is 0.899. The molecule has 1 atom stereocenters. The van der Waals surface area contributed by atoms with Crippen LogP contribution in [0.15, 0.2) is 79.1 Å². The Bertz CT molecular complexity index is 1180. The average Bonchev–Trinajstić information content (AvgIpc) is 3.12. The third kappa shape index (κ3) is 4.72. The molecular weight excluding hydrogens is 424 g/mol. The van der Waals surface area contributed by atoms with Crippen molar-refractivity contribution in [2.24, 2.45) is 0 Å². The van der Waals surface area contributed by atoms with Crippen molar-refractivity contribution in [3.8, 4) is 11.5 Å². The molecule has 9 nitrogen and oxygen atoms in total. The maximum absolute atomic E-state index is 13.1. The SMILES string of the molecule is CC(=O)N(NC(=O)c1ccncc1)C1CC(=O)N(c2ccc(Oc3ccccc3)cc2)C1=O. The molecular formula is C24H20N4O5. The summed E-state index contributed by atoms with van der Waals surface area (Å²) in [6.45, 7) is 1.21. The van der Waals surface area contributed by atoms with Gasteiger partial charge < -0.3 is 4.74 Å². The summed E-state index contributed by atoms with van der Waals surface area (Å²) in [5.41, 5.74) is 3.04.